The normalized spacial score (nSPS) is 11.0. The van der Waals surface area contributed by atoms with Crippen LogP contribution in [0.1, 0.15) is 17.0 Å². The number of nitrogens with zero attached hydrogens (tertiary/aromatic N) is 2. The summed E-state index contributed by atoms with van der Waals surface area (Å²) in [5.41, 5.74) is 3.99. The van der Waals surface area contributed by atoms with Crippen LogP contribution in [0.2, 0.25) is 5.02 Å². The zero-order valence-corrected chi connectivity index (χ0v) is 17.8. The second-order valence-electron chi connectivity index (χ2n) is 6.92. The van der Waals surface area contributed by atoms with Crippen LogP contribution in [0.4, 0.5) is 0 Å². The molecule has 1 N–H and O–H groups in total. The molecule has 1 amide bonds. The number of carbonyl (C=O) groups excluding carboxylic acids is 1. The molecule has 1 aromatic heterocycles. The number of amides is 1. The van der Waals surface area contributed by atoms with Gasteiger partial charge in [-0.2, -0.15) is 0 Å². The molecule has 0 saturated heterocycles. The van der Waals surface area contributed by atoms with E-state index in [1.165, 1.54) is 7.11 Å². The van der Waals surface area contributed by atoms with E-state index < -0.39 is 0 Å². The molecule has 154 valence electrons. The number of carbonyl (C=O) groups is 1. The maximum absolute atomic E-state index is 11.6. The Hall–Kier alpha value is -2.57. The molecule has 3 rings (SSSR count). The van der Waals surface area contributed by atoms with Crippen LogP contribution < -0.4 is 10.1 Å². The van der Waals surface area contributed by atoms with Gasteiger partial charge in [0.15, 0.2) is 0 Å². The summed E-state index contributed by atoms with van der Waals surface area (Å²) in [6, 6.07) is 11.9. The quantitative estimate of drug-likeness (QED) is 0.578. The summed E-state index contributed by atoms with van der Waals surface area (Å²) >= 11 is 6.24. The van der Waals surface area contributed by atoms with Crippen molar-refractivity contribution in [1.82, 2.24) is 14.9 Å². The molecule has 0 unspecified atom stereocenters. The van der Waals surface area contributed by atoms with Gasteiger partial charge in [-0.05, 0) is 49.2 Å². The lowest BCUT2D eigenvalue weighted by molar-refractivity contribution is -0.124. The summed E-state index contributed by atoms with van der Waals surface area (Å²) in [5, 5.41) is 3.62. The number of hydrogen-bond donors (Lipinski definition) is 1. The molecule has 2 aromatic carbocycles. The predicted octanol–water partition coefficient (Wildman–Crippen LogP) is 3.69. The number of aromatic nitrogens is 2. The van der Waals surface area contributed by atoms with Crippen LogP contribution in [-0.4, -0.2) is 42.3 Å². The Morgan fingerprint density at radius 2 is 1.93 bits per heavy atom. The van der Waals surface area contributed by atoms with E-state index in [9.17, 15) is 4.79 Å². The van der Waals surface area contributed by atoms with Gasteiger partial charge in [-0.25, -0.2) is 4.98 Å². The average Bonchev–Trinajstić information content (AvgIpc) is 3.04. The van der Waals surface area contributed by atoms with Crippen LogP contribution in [0.5, 0.6) is 5.75 Å². The summed E-state index contributed by atoms with van der Waals surface area (Å²) in [5.74, 6) is 1.59. The van der Waals surface area contributed by atoms with Crippen LogP contribution in [0.15, 0.2) is 36.4 Å². The fourth-order valence-corrected chi connectivity index (χ4v) is 3.41. The first-order valence-electron chi connectivity index (χ1n) is 9.59. The number of methoxy groups -OCH3 is 1. The Morgan fingerprint density at radius 3 is 2.66 bits per heavy atom. The Bertz CT molecular complexity index is 977. The molecule has 0 saturated carbocycles. The van der Waals surface area contributed by atoms with Crippen molar-refractivity contribution in [2.45, 2.75) is 26.8 Å². The monoisotopic (exact) mass is 415 g/mol. The summed E-state index contributed by atoms with van der Waals surface area (Å²) in [7, 11) is 1.50. The lowest BCUT2D eigenvalue weighted by Gasteiger charge is -2.13. The second kappa shape index (κ2) is 9.76. The van der Waals surface area contributed by atoms with Crippen LogP contribution in [-0.2, 0) is 22.5 Å². The zero-order chi connectivity index (χ0) is 20.8. The van der Waals surface area contributed by atoms with Gasteiger partial charge in [-0.15, -0.1) is 0 Å². The van der Waals surface area contributed by atoms with Crippen molar-refractivity contribution in [1.29, 1.82) is 0 Å². The minimum atomic E-state index is -0.132. The number of hydrogen-bond acceptors (Lipinski definition) is 4. The first kappa shape index (κ1) is 21.1. The zero-order valence-electron chi connectivity index (χ0n) is 17.0. The van der Waals surface area contributed by atoms with Crippen LogP contribution in [0, 0.1) is 13.8 Å². The molecular formula is C22H26ClN3O3. The van der Waals surface area contributed by atoms with Crippen LogP contribution in [0.3, 0.4) is 0 Å². The molecule has 0 radical (unpaired) electrons. The van der Waals surface area contributed by atoms with Crippen molar-refractivity contribution >= 4 is 28.5 Å². The highest BCUT2D eigenvalue weighted by atomic mass is 35.5. The third-order valence-electron chi connectivity index (χ3n) is 4.67. The van der Waals surface area contributed by atoms with Gasteiger partial charge in [-0.3, -0.25) is 4.79 Å². The molecule has 6 nitrogen and oxygen atoms in total. The van der Waals surface area contributed by atoms with E-state index in [4.69, 9.17) is 26.1 Å². The average molecular weight is 416 g/mol. The van der Waals surface area contributed by atoms with Gasteiger partial charge in [0, 0.05) is 25.1 Å². The summed E-state index contributed by atoms with van der Waals surface area (Å²) in [6.07, 6.45) is 0.628. The van der Waals surface area contributed by atoms with Crippen molar-refractivity contribution in [2.75, 3.05) is 26.9 Å². The maximum Gasteiger partial charge on any atom is 0.245 e. The summed E-state index contributed by atoms with van der Waals surface area (Å²) in [4.78, 5) is 16.3. The van der Waals surface area contributed by atoms with Gasteiger partial charge in [0.25, 0.3) is 0 Å². The summed E-state index contributed by atoms with van der Waals surface area (Å²) in [6.45, 7) is 5.67. The molecular weight excluding hydrogens is 390 g/mol. The third-order valence-corrected chi connectivity index (χ3v) is 5.27. The van der Waals surface area contributed by atoms with Gasteiger partial charge in [-0.1, -0.05) is 23.7 Å². The largest absolute Gasteiger partial charge is 0.492 e. The van der Waals surface area contributed by atoms with Crippen molar-refractivity contribution in [3.63, 3.8) is 0 Å². The number of ether oxygens (including phenoxy) is 2. The van der Waals surface area contributed by atoms with Gasteiger partial charge >= 0.3 is 0 Å². The van der Waals surface area contributed by atoms with E-state index in [2.05, 4.69) is 9.88 Å². The summed E-state index contributed by atoms with van der Waals surface area (Å²) < 4.78 is 13.0. The van der Waals surface area contributed by atoms with Gasteiger partial charge in [0.2, 0.25) is 5.91 Å². The minimum absolute atomic E-state index is 0.0597. The number of rotatable bonds is 9. The highest BCUT2D eigenvalue weighted by molar-refractivity contribution is 6.32. The fraction of sp³-hybridized carbons (Fsp3) is 0.364. The van der Waals surface area contributed by atoms with E-state index >= 15 is 0 Å². The van der Waals surface area contributed by atoms with Gasteiger partial charge in [0.1, 0.15) is 24.8 Å². The van der Waals surface area contributed by atoms with Gasteiger partial charge < -0.3 is 19.4 Å². The number of aryl methyl sites for hydroxylation is 2. The van der Waals surface area contributed by atoms with Gasteiger partial charge in [0.05, 0.1) is 17.6 Å². The Morgan fingerprint density at radius 1 is 1.21 bits per heavy atom. The Kier molecular flexibility index (Phi) is 7.12. The number of imidazole rings is 1. The highest BCUT2D eigenvalue weighted by Crippen LogP contribution is 2.26. The first-order chi connectivity index (χ1) is 14.0. The third kappa shape index (κ3) is 5.28. The molecule has 0 atom stereocenters. The number of halogens is 1. The minimum Gasteiger partial charge on any atom is -0.492 e. The van der Waals surface area contributed by atoms with E-state index in [1.807, 2.05) is 50.2 Å². The topological polar surface area (TPSA) is 65.4 Å². The van der Waals surface area contributed by atoms with Crippen molar-refractivity contribution < 1.29 is 14.3 Å². The lowest BCUT2D eigenvalue weighted by atomic mass is 10.1. The highest BCUT2D eigenvalue weighted by Gasteiger charge is 2.11. The molecule has 29 heavy (non-hydrogen) atoms. The first-order valence-corrected chi connectivity index (χ1v) is 9.96. The number of para-hydroxylation sites is 2. The molecule has 0 aliphatic carbocycles. The molecule has 3 aromatic rings. The molecule has 0 spiro atoms. The SMILES string of the molecule is COCC(=O)NCCc1nc2ccccc2n1CCOc1cc(C)c(Cl)c(C)c1. The molecule has 0 fully saturated rings. The van der Waals surface area contributed by atoms with E-state index in [1.54, 1.807) is 0 Å². The van der Waals surface area contributed by atoms with Crippen molar-refractivity contribution in [3.8, 4) is 5.75 Å². The fourth-order valence-electron chi connectivity index (χ4n) is 3.31. The molecule has 7 heteroatoms. The van der Waals surface area contributed by atoms with E-state index in [-0.39, 0.29) is 12.5 Å². The number of benzene rings is 2. The second-order valence-corrected chi connectivity index (χ2v) is 7.30. The predicted molar refractivity (Wildman–Crippen MR) is 115 cm³/mol. The molecule has 0 bridgehead atoms. The molecule has 0 aliphatic heterocycles. The van der Waals surface area contributed by atoms with Crippen LogP contribution >= 0.6 is 11.6 Å². The maximum atomic E-state index is 11.6. The number of fused-ring (bicyclic) bond motifs is 1. The van der Waals surface area contributed by atoms with Crippen LogP contribution in [0.25, 0.3) is 11.0 Å². The van der Waals surface area contributed by atoms with E-state index in [0.717, 1.165) is 38.8 Å². The van der Waals surface area contributed by atoms with E-state index in [0.29, 0.717) is 26.1 Å². The number of nitrogens with one attached hydrogen (secondary N) is 1. The van der Waals surface area contributed by atoms with Crippen molar-refractivity contribution in [3.05, 3.63) is 58.4 Å². The molecule has 1 heterocycles. The smallest absolute Gasteiger partial charge is 0.245 e. The lowest BCUT2D eigenvalue weighted by Crippen LogP contribution is -2.29. The molecule has 0 aliphatic rings. The van der Waals surface area contributed by atoms with Crippen molar-refractivity contribution in [2.24, 2.45) is 0 Å². The Labute approximate surface area is 175 Å². The standard InChI is InChI=1S/C22H26ClN3O3/c1-15-12-17(13-16(2)22(15)23)29-11-10-26-19-7-5-4-6-18(19)25-20(26)8-9-24-21(27)14-28-3/h4-7,12-13H,8-11,14H2,1-3H3,(H,24,27). The Balaban J connectivity index is 1.69.